The third-order valence-corrected chi connectivity index (χ3v) is 2.79. The lowest BCUT2D eigenvalue weighted by Gasteiger charge is -2.13. The maximum absolute atomic E-state index is 11.3. The fourth-order valence-corrected chi connectivity index (χ4v) is 1.61. The molecule has 5 nitrogen and oxygen atoms in total. The van der Waals surface area contributed by atoms with E-state index in [2.05, 4.69) is 23.9 Å². The fraction of sp³-hybridized carbons (Fsp3) is 0.429. The van der Waals surface area contributed by atoms with Crippen molar-refractivity contribution >= 4 is 11.9 Å². The average molecular weight is 265 g/mol. The molecule has 0 saturated carbocycles. The molecule has 0 aliphatic carbocycles. The quantitative estimate of drug-likeness (QED) is 0.663. The van der Waals surface area contributed by atoms with Crippen LogP contribution in [0.2, 0.25) is 0 Å². The number of nitrogens with one attached hydrogen (secondary N) is 1. The van der Waals surface area contributed by atoms with Gasteiger partial charge in [-0.2, -0.15) is 0 Å². The average Bonchev–Trinajstić information content (AvgIpc) is 2.43. The van der Waals surface area contributed by atoms with Crippen molar-refractivity contribution < 1.29 is 19.1 Å². The molecule has 0 heterocycles. The summed E-state index contributed by atoms with van der Waals surface area (Å²) in [5.74, 6) is -0.584. The summed E-state index contributed by atoms with van der Waals surface area (Å²) >= 11 is 0. The second kappa shape index (κ2) is 6.78. The Bertz CT molecular complexity index is 469. The first-order chi connectivity index (χ1) is 8.99. The lowest BCUT2D eigenvalue weighted by molar-refractivity contribution is -0.152. The van der Waals surface area contributed by atoms with Crippen LogP contribution in [0.4, 0.5) is 0 Å². The number of hydrogen-bond donors (Lipinski definition) is 1. The van der Waals surface area contributed by atoms with Gasteiger partial charge in [0.2, 0.25) is 0 Å². The Morgan fingerprint density at radius 3 is 2.47 bits per heavy atom. The Labute approximate surface area is 112 Å². The fourth-order valence-electron chi connectivity index (χ4n) is 1.61. The topological polar surface area (TPSA) is 64.6 Å². The molecule has 0 unspecified atom stereocenters. The van der Waals surface area contributed by atoms with Crippen LogP contribution < -0.4 is 10.1 Å². The molecule has 104 valence electrons. The third kappa shape index (κ3) is 3.98. The summed E-state index contributed by atoms with van der Waals surface area (Å²) in [5.41, 5.74) is 1.96. The highest BCUT2D eigenvalue weighted by atomic mass is 16.5. The summed E-state index contributed by atoms with van der Waals surface area (Å²) in [4.78, 5) is 22.3. The molecule has 19 heavy (non-hydrogen) atoms. The second-order valence-corrected chi connectivity index (χ2v) is 4.40. The van der Waals surface area contributed by atoms with Gasteiger partial charge in [-0.05, 0) is 17.5 Å². The molecule has 0 atom stereocenters. The van der Waals surface area contributed by atoms with Gasteiger partial charge >= 0.3 is 11.9 Å². The SMILES string of the molecule is COC(=O)C(=O)NCc1ccc(C(C)C)cc1OC. The van der Waals surface area contributed by atoms with Crippen LogP contribution in [0.25, 0.3) is 0 Å². The first-order valence-electron chi connectivity index (χ1n) is 6.02. The normalized spacial score (nSPS) is 10.2. The van der Waals surface area contributed by atoms with Crippen molar-refractivity contribution in [2.75, 3.05) is 14.2 Å². The largest absolute Gasteiger partial charge is 0.496 e. The van der Waals surface area contributed by atoms with Gasteiger partial charge in [-0.25, -0.2) is 4.79 Å². The summed E-state index contributed by atoms with van der Waals surface area (Å²) in [6.45, 7) is 4.40. The summed E-state index contributed by atoms with van der Waals surface area (Å²) < 4.78 is 9.61. The molecule has 1 aromatic rings. The van der Waals surface area contributed by atoms with Crippen LogP contribution in [0.3, 0.4) is 0 Å². The van der Waals surface area contributed by atoms with E-state index < -0.39 is 11.9 Å². The molecule has 5 heteroatoms. The number of amides is 1. The van der Waals surface area contributed by atoms with Gasteiger partial charge in [-0.3, -0.25) is 4.79 Å². The highest BCUT2D eigenvalue weighted by molar-refractivity contribution is 6.32. The molecule has 0 bridgehead atoms. The van der Waals surface area contributed by atoms with Gasteiger partial charge in [0.15, 0.2) is 0 Å². The highest BCUT2D eigenvalue weighted by Crippen LogP contribution is 2.24. The third-order valence-electron chi connectivity index (χ3n) is 2.79. The predicted octanol–water partition coefficient (Wildman–Crippen LogP) is 1.61. The summed E-state index contributed by atoms with van der Waals surface area (Å²) in [6, 6.07) is 5.79. The molecule has 0 saturated heterocycles. The Morgan fingerprint density at radius 1 is 1.26 bits per heavy atom. The van der Waals surface area contributed by atoms with Crippen LogP contribution in [0.1, 0.15) is 30.9 Å². The van der Waals surface area contributed by atoms with Crippen molar-refractivity contribution in [3.63, 3.8) is 0 Å². The van der Waals surface area contributed by atoms with E-state index in [-0.39, 0.29) is 6.54 Å². The van der Waals surface area contributed by atoms with Crippen LogP contribution in [0.5, 0.6) is 5.75 Å². The first-order valence-corrected chi connectivity index (χ1v) is 6.02. The van der Waals surface area contributed by atoms with E-state index in [0.717, 1.165) is 11.1 Å². The molecule has 1 amide bonds. The predicted molar refractivity (Wildman–Crippen MR) is 70.9 cm³/mol. The van der Waals surface area contributed by atoms with Crippen molar-refractivity contribution in [3.8, 4) is 5.75 Å². The van der Waals surface area contributed by atoms with Gasteiger partial charge in [0, 0.05) is 12.1 Å². The monoisotopic (exact) mass is 265 g/mol. The maximum Gasteiger partial charge on any atom is 0.396 e. The highest BCUT2D eigenvalue weighted by Gasteiger charge is 2.14. The van der Waals surface area contributed by atoms with E-state index in [4.69, 9.17) is 4.74 Å². The van der Waals surface area contributed by atoms with Gasteiger partial charge in [0.1, 0.15) is 5.75 Å². The summed E-state index contributed by atoms with van der Waals surface area (Å²) in [7, 11) is 2.74. The van der Waals surface area contributed by atoms with Crippen LogP contribution in [-0.4, -0.2) is 26.1 Å². The Morgan fingerprint density at radius 2 is 1.95 bits per heavy atom. The Kier molecular flexibility index (Phi) is 5.36. The van der Waals surface area contributed by atoms with Crippen molar-refractivity contribution in [3.05, 3.63) is 29.3 Å². The van der Waals surface area contributed by atoms with Gasteiger partial charge < -0.3 is 14.8 Å². The van der Waals surface area contributed by atoms with E-state index in [9.17, 15) is 9.59 Å². The van der Waals surface area contributed by atoms with Crippen molar-refractivity contribution in [1.82, 2.24) is 5.32 Å². The van der Waals surface area contributed by atoms with Crippen LogP contribution in [0.15, 0.2) is 18.2 Å². The second-order valence-electron chi connectivity index (χ2n) is 4.40. The lowest BCUT2D eigenvalue weighted by Crippen LogP contribution is -2.31. The number of carbonyl (C=O) groups excluding carboxylic acids is 2. The van der Waals surface area contributed by atoms with Crippen LogP contribution >= 0.6 is 0 Å². The number of hydrogen-bond acceptors (Lipinski definition) is 4. The van der Waals surface area contributed by atoms with Crippen molar-refractivity contribution in [1.29, 1.82) is 0 Å². The summed E-state index contributed by atoms with van der Waals surface area (Å²) in [5, 5.41) is 2.48. The zero-order valence-electron chi connectivity index (χ0n) is 11.6. The number of esters is 1. The Balaban J connectivity index is 2.78. The smallest absolute Gasteiger partial charge is 0.396 e. The molecular formula is C14H19NO4. The molecule has 0 spiro atoms. The minimum atomic E-state index is -0.905. The van der Waals surface area contributed by atoms with Crippen molar-refractivity contribution in [2.24, 2.45) is 0 Å². The molecule has 0 aliphatic rings. The molecule has 0 aliphatic heterocycles. The van der Waals surface area contributed by atoms with E-state index in [0.29, 0.717) is 11.7 Å². The van der Waals surface area contributed by atoms with Crippen molar-refractivity contribution in [2.45, 2.75) is 26.3 Å². The van der Waals surface area contributed by atoms with Gasteiger partial charge in [-0.1, -0.05) is 26.0 Å². The van der Waals surface area contributed by atoms with Gasteiger partial charge in [-0.15, -0.1) is 0 Å². The standard InChI is InChI=1S/C14H19NO4/c1-9(2)10-5-6-11(12(7-10)18-3)8-15-13(16)14(17)19-4/h5-7,9H,8H2,1-4H3,(H,15,16). The van der Waals surface area contributed by atoms with E-state index in [1.807, 2.05) is 18.2 Å². The molecule has 1 rings (SSSR count). The van der Waals surface area contributed by atoms with E-state index in [1.54, 1.807) is 7.11 Å². The van der Waals surface area contributed by atoms with Crippen LogP contribution in [0, 0.1) is 0 Å². The van der Waals surface area contributed by atoms with Gasteiger partial charge in [0.05, 0.1) is 14.2 Å². The van der Waals surface area contributed by atoms with E-state index in [1.165, 1.54) is 7.11 Å². The molecule has 0 radical (unpaired) electrons. The lowest BCUT2D eigenvalue weighted by atomic mass is 10.0. The first kappa shape index (κ1) is 15.0. The number of rotatable bonds is 4. The molecule has 1 aromatic carbocycles. The number of carbonyl (C=O) groups is 2. The van der Waals surface area contributed by atoms with Crippen LogP contribution in [-0.2, 0) is 20.9 Å². The number of benzene rings is 1. The minimum Gasteiger partial charge on any atom is -0.496 e. The van der Waals surface area contributed by atoms with E-state index >= 15 is 0 Å². The zero-order valence-corrected chi connectivity index (χ0v) is 11.6. The molecule has 0 fully saturated rings. The molecule has 0 aromatic heterocycles. The maximum atomic E-state index is 11.3. The number of methoxy groups -OCH3 is 2. The molecular weight excluding hydrogens is 246 g/mol. The molecule has 1 N–H and O–H groups in total. The Hall–Kier alpha value is -2.04. The zero-order chi connectivity index (χ0) is 14.4. The van der Waals surface area contributed by atoms with Gasteiger partial charge in [0.25, 0.3) is 0 Å². The number of ether oxygens (including phenoxy) is 2. The minimum absolute atomic E-state index is 0.218. The summed E-state index contributed by atoms with van der Waals surface area (Å²) in [6.07, 6.45) is 0.